The van der Waals surface area contributed by atoms with Crippen LogP contribution >= 0.6 is 11.6 Å². The Labute approximate surface area is 105 Å². The Hall–Kier alpha value is -0.506. The van der Waals surface area contributed by atoms with Crippen molar-refractivity contribution in [2.45, 2.75) is 0 Å². The molecule has 0 saturated heterocycles. The topological polar surface area (TPSA) is 40.5 Å². The molecule has 0 aliphatic heterocycles. The molecule has 2 aromatic carbocycles. The predicted octanol–water partition coefficient (Wildman–Crippen LogP) is 1.14. The average molecular weight is 264 g/mol. The van der Waals surface area contributed by atoms with Gasteiger partial charge in [0.25, 0.3) is 0 Å². The minimum absolute atomic E-state index is 0. The molecule has 2 N–H and O–H groups in total. The van der Waals surface area contributed by atoms with Gasteiger partial charge in [-0.2, -0.15) is 30.3 Å². The molecule has 80 valence electrons. The summed E-state index contributed by atoms with van der Waals surface area (Å²) in [4.78, 5) is 0. The Kier molecular flexibility index (Phi) is 7.48. The van der Waals surface area contributed by atoms with Crippen LogP contribution in [0.3, 0.4) is 0 Å². The summed E-state index contributed by atoms with van der Waals surface area (Å²) in [7, 11) is -1.31. The molecule has 0 aromatic heterocycles. The zero-order valence-corrected chi connectivity index (χ0v) is 9.68. The van der Waals surface area contributed by atoms with Gasteiger partial charge in [-0.15, -0.1) is 17.1 Å². The molecule has 15 heavy (non-hydrogen) atoms. The van der Waals surface area contributed by atoms with Gasteiger partial charge in [0, 0.05) is 0 Å². The van der Waals surface area contributed by atoms with Gasteiger partial charge in [-0.25, -0.2) is 18.2 Å². The van der Waals surface area contributed by atoms with Crippen LogP contribution in [0.1, 0.15) is 0 Å². The fourth-order valence-corrected chi connectivity index (χ4v) is 1.06. The van der Waals surface area contributed by atoms with Crippen LogP contribution < -0.4 is 5.46 Å². The summed E-state index contributed by atoms with van der Waals surface area (Å²) in [6.07, 6.45) is 0. The first-order valence-corrected chi connectivity index (χ1v) is 4.53. The van der Waals surface area contributed by atoms with E-state index >= 15 is 0 Å². The summed E-state index contributed by atoms with van der Waals surface area (Å²) in [5.74, 6) is 0. The molecule has 0 atom stereocenters. The van der Waals surface area contributed by atoms with Gasteiger partial charge < -0.3 is 10.0 Å². The molecule has 0 spiro atoms. The van der Waals surface area contributed by atoms with Crippen molar-refractivity contribution in [3.8, 4) is 0 Å². The Morgan fingerprint density at radius 1 is 1.07 bits per heavy atom. The number of rotatable bonds is 1. The van der Waals surface area contributed by atoms with Crippen molar-refractivity contribution in [3.05, 3.63) is 53.6 Å². The van der Waals surface area contributed by atoms with E-state index in [1.165, 1.54) is 0 Å². The van der Waals surface area contributed by atoms with Crippen LogP contribution in [0.2, 0.25) is 5.02 Å². The van der Waals surface area contributed by atoms with E-state index in [0.29, 0.717) is 5.46 Å². The molecule has 5 heteroatoms. The first-order valence-electron chi connectivity index (χ1n) is 4.15. The van der Waals surface area contributed by atoms with Crippen LogP contribution in [0, 0.1) is 0 Å². The fourth-order valence-electron chi connectivity index (χ4n) is 0.912. The summed E-state index contributed by atoms with van der Waals surface area (Å²) in [6.45, 7) is 0. The monoisotopic (exact) mass is 264 g/mol. The summed E-state index contributed by atoms with van der Waals surface area (Å²) in [5.41, 5.74) is 0.546. The third kappa shape index (κ3) is 5.83. The van der Waals surface area contributed by atoms with Gasteiger partial charge in [-0.3, -0.25) is 0 Å². The number of halogens is 1. The quantitative estimate of drug-likeness (QED) is 0.599. The van der Waals surface area contributed by atoms with E-state index in [-0.39, 0.29) is 17.1 Å². The van der Waals surface area contributed by atoms with Gasteiger partial charge in [0.1, 0.15) is 0 Å². The van der Waals surface area contributed by atoms with Gasteiger partial charge >= 0.3 is 24.2 Å². The molecular weight excluding hydrogens is 254 g/mol. The Bertz CT molecular complexity index is 332. The van der Waals surface area contributed by atoms with E-state index in [2.05, 4.69) is 0 Å². The summed E-state index contributed by atoms with van der Waals surface area (Å²) >= 11 is 5.46. The molecule has 0 heterocycles. The molecule has 0 aliphatic carbocycles. The zero-order chi connectivity index (χ0) is 10.4. The molecular formula is C10H10BClFeO2. The second-order valence-electron chi connectivity index (χ2n) is 2.70. The van der Waals surface area contributed by atoms with Crippen LogP contribution in [0.15, 0.2) is 48.5 Å². The molecule has 2 aromatic rings. The van der Waals surface area contributed by atoms with E-state index in [9.17, 15) is 0 Å². The molecule has 0 amide bonds. The molecule has 0 bridgehead atoms. The average Bonchev–Trinajstić information content (AvgIpc) is 2.75. The number of hydrogen-bond acceptors (Lipinski definition) is 2. The maximum absolute atomic E-state index is 8.47. The maximum Gasteiger partial charge on any atom is 2.00 e. The van der Waals surface area contributed by atoms with Crippen molar-refractivity contribution in [3.63, 3.8) is 0 Å². The molecule has 0 radical (unpaired) electrons. The van der Waals surface area contributed by atoms with Gasteiger partial charge in [0.15, 0.2) is 0 Å². The molecule has 2 rings (SSSR count). The second kappa shape index (κ2) is 7.74. The van der Waals surface area contributed by atoms with Crippen molar-refractivity contribution in [2.75, 3.05) is 0 Å². The van der Waals surface area contributed by atoms with Gasteiger partial charge in [0.2, 0.25) is 0 Å². The predicted molar refractivity (Wildman–Crippen MR) is 58.9 cm³/mol. The first-order chi connectivity index (χ1) is 6.70. The van der Waals surface area contributed by atoms with E-state index in [1.807, 2.05) is 24.3 Å². The van der Waals surface area contributed by atoms with E-state index in [1.54, 1.807) is 24.3 Å². The van der Waals surface area contributed by atoms with E-state index in [0.717, 1.165) is 5.02 Å². The minimum Gasteiger partial charge on any atom is -0.425 e. The smallest absolute Gasteiger partial charge is 0.425 e. The summed E-state index contributed by atoms with van der Waals surface area (Å²) < 4.78 is 0. The minimum atomic E-state index is -1.31. The number of hydrogen-bond donors (Lipinski definition) is 2. The van der Waals surface area contributed by atoms with Gasteiger partial charge in [0.05, 0.1) is 0 Å². The van der Waals surface area contributed by atoms with Crippen LogP contribution in [0.4, 0.5) is 0 Å². The van der Waals surface area contributed by atoms with Crippen LogP contribution in [0.25, 0.3) is 0 Å². The Morgan fingerprint density at radius 3 is 1.87 bits per heavy atom. The third-order valence-electron chi connectivity index (χ3n) is 1.61. The van der Waals surface area contributed by atoms with Crippen molar-refractivity contribution in [1.82, 2.24) is 0 Å². The van der Waals surface area contributed by atoms with E-state index < -0.39 is 7.12 Å². The van der Waals surface area contributed by atoms with Crippen molar-refractivity contribution in [2.24, 2.45) is 0 Å². The SMILES string of the molecule is Clc1ccc[cH-]1.OB(O)c1ccc[cH-]1.[Fe+2]. The Morgan fingerprint density at radius 2 is 1.67 bits per heavy atom. The summed E-state index contributed by atoms with van der Waals surface area (Å²) in [5, 5.41) is 17.8. The largest absolute Gasteiger partial charge is 2.00 e. The van der Waals surface area contributed by atoms with Crippen LogP contribution in [-0.2, 0) is 17.1 Å². The van der Waals surface area contributed by atoms with Gasteiger partial charge in [-0.05, 0) is 0 Å². The third-order valence-corrected chi connectivity index (χ3v) is 1.86. The molecule has 0 fully saturated rings. The van der Waals surface area contributed by atoms with Crippen LogP contribution in [-0.4, -0.2) is 17.2 Å². The fraction of sp³-hybridized carbons (Fsp3) is 0. The van der Waals surface area contributed by atoms with Crippen molar-refractivity contribution < 1.29 is 27.1 Å². The standard InChI is InChI=1S/C5H6BO2.C5H4Cl.Fe/c7-6(8)5-3-1-2-4-5;6-5-3-1-2-4-5;/h1-4,7-8H;1-4H;/q2*-1;+2. The first kappa shape index (κ1) is 14.5. The second-order valence-corrected chi connectivity index (χ2v) is 3.13. The summed E-state index contributed by atoms with van der Waals surface area (Å²) in [6, 6.07) is 14.3. The van der Waals surface area contributed by atoms with Crippen LogP contribution in [0.5, 0.6) is 0 Å². The molecule has 0 saturated carbocycles. The zero-order valence-electron chi connectivity index (χ0n) is 7.82. The maximum atomic E-state index is 8.47. The van der Waals surface area contributed by atoms with Crippen molar-refractivity contribution >= 4 is 24.2 Å². The van der Waals surface area contributed by atoms with Gasteiger partial charge in [-0.1, -0.05) is 5.02 Å². The molecule has 0 aliphatic rings. The van der Waals surface area contributed by atoms with E-state index in [4.69, 9.17) is 21.6 Å². The normalized spacial score (nSPS) is 8.47. The van der Waals surface area contributed by atoms with Crippen molar-refractivity contribution in [1.29, 1.82) is 0 Å². The molecule has 0 unspecified atom stereocenters. The Balaban J connectivity index is 0.000000253. The molecule has 2 nitrogen and oxygen atoms in total.